The van der Waals surface area contributed by atoms with Crippen molar-refractivity contribution in [2.24, 2.45) is 0 Å². The fourth-order valence-corrected chi connectivity index (χ4v) is 2.99. The number of non-ortho nitro benzene ring substituents is 1. The molecule has 0 radical (unpaired) electrons. The van der Waals surface area contributed by atoms with Gasteiger partial charge in [0.1, 0.15) is 0 Å². The molecule has 1 aliphatic carbocycles. The van der Waals surface area contributed by atoms with Gasteiger partial charge < -0.3 is 0 Å². The molecule has 1 aliphatic rings. The molecule has 0 aliphatic heterocycles. The van der Waals surface area contributed by atoms with Crippen molar-refractivity contribution in [3.8, 4) is 0 Å². The van der Waals surface area contributed by atoms with Crippen LogP contribution in [0.2, 0.25) is 0 Å². The minimum Gasteiger partial charge on any atom is -0.258 e. The summed E-state index contributed by atoms with van der Waals surface area (Å²) in [6.07, 6.45) is 1.70. The quantitative estimate of drug-likeness (QED) is 0.684. The minimum absolute atomic E-state index is 0.0602. The van der Waals surface area contributed by atoms with Crippen molar-refractivity contribution in [3.63, 3.8) is 0 Å². The third-order valence-electron chi connectivity index (χ3n) is 3.22. The largest absolute Gasteiger partial charge is 0.269 e. The maximum absolute atomic E-state index is 12.1. The number of hydrogen-bond acceptors (Lipinski definition) is 3. The van der Waals surface area contributed by atoms with E-state index in [1.165, 1.54) is 6.07 Å². The molecule has 2 atom stereocenters. The highest BCUT2D eigenvalue weighted by Gasteiger charge is 2.29. The summed E-state index contributed by atoms with van der Waals surface area (Å²) in [5.41, 5.74) is 2.11. The number of nitro groups is 1. The van der Waals surface area contributed by atoms with Gasteiger partial charge in [-0.15, -0.1) is 0 Å². The predicted octanol–water partition coefficient (Wildman–Crippen LogP) is 2.63. The van der Waals surface area contributed by atoms with Crippen molar-refractivity contribution in [3.05, 3.63) is 39.4 Å². The Morgan fingerprint density at radius 3 is 2.68 bits per heavy atom. The van der Waals surface area contributed by atoms with Crippen LogP contribution in [0.4, 0.5) is 5.69 Å². The summed E-state index contributed by atoms with van der Waals surface area (Å²) in [6, 6.07) is 4.87. The Labute approximate surface area is 115 Å². The molecule has 0 amide bonds. The zero-order valence-electron chi connectivity index (χ0n) is 11.3. The topological polar surface area (TPSA) is 72.2 Å². The van der Waals surface area contributed by atoms with E-state index in [0.717, 1.165) is 24.0 Å². The van der Waals surface area contributed by atoms with Gasteiger partial charge in [0.05, 0.1) is 20.7 Å². The Hall–Kier alpha value is -1.27. The summed E-state index contributed by atoms with van der Waals surface area (Å²) in [7, 11) is -1.17. The number of aryl methyl sites for hydroxylation is 1. The Bertz CT molecular complexity index is 537. The second-order valence-corrected chi connectivity index (χ2v) is 7.73. The zero-order valence-corrected chi connectivity index (χ0v) is 12.1. The van der Waals surface area contributed by atoms with E-state index < -0.39 is 15.9 Å². The van der Waals surface area contributed by atoms with E-state index in [2.05, 4.69) is 4.72 Å². The summed E-state index contributed by atoms with van der Waals surface area (Å²) in [5.74, 6) is 0. The molecule has 0 bridgehead atoms. The first kappa shape index (κ1) is 14.1. The van der Waals surface area contributed by atoms with Gasteiger partial charge in [-0.1, -0.05) is 6.07 Å². The van der Waals surface area contributed by atoms with Crippen LogP contribution in [-0.4, -0.2) is 13.9 Å². The standard InChI is InChI=1S/C13H18N2O3S/c1-13(2,3)19(18)14-12-7-5-9-4-6-10(15(16)17)8-11(9)12/h4,6,8,12,14H,5,7H2,1-3H3/t12-,19-/m1/s1. The third kappa shape index (κ3) is 3.01. The third-order valence-corrected chi connectivity index (χ3v) is 4.83. The lowest BCUT2D eigenvalue weighted by Crippen LogP contribution is -2.35. The van der Waals surface area contributed by atoms with E-state index in [9.17, 15) is 14.3 Å². The summed E-state index contributed by atoms with van der Waals surface area (Å²) in [6.45, 7) is 5.71. The van der Waals surface area contributed by atoms with Crippen molar-refractivity contribution in [1.29, 1.82) is 0 Å². The lowest BCUT2D eigenvalue weighted by molar-refractivity contribution is -0.384. The van der Waals surface area contributed by atoms with Gasteiger partial charge in [0.15, 0.2) is 0 Å². The van der Waals surface area contributed by atoms with Gasteiger partial charge in [-0.2, -0.15) is 0 Å². The molecule has 1 aromatic carbocycles. The van der Waals surface area contributed by atoms with Gasteiger partial charge in [-0.3, -0.25) is 10.1 Å². The van der Waals surface area contributed by atoms with Crippen LogP contribution in [-0.2, 0) is 17.4 Å². The van der Waals surface area contributed by atoms with E-state index in [1.54, 1.807) is 12.1 Å². The van der Waals surface area contributed by atoms with Crippen molar-refractivity contribution >= 4 is 16.7 Å². The lowest BCUT2D eigenvalue weighted by Gasteiger charge is -2.22. The predicted molar refractivity (Wildman–Crippen MR) is 75.2 cm³/mol. The van der Waals surface area contributed by atoms with E-state index in [4.69, 9.17) is 0 Å². The molecule has 6 heteroatoms. The Kier molecular flexibility index (Phi) is 3.73. The van der Waals surface area contributed by atoms with Gasteiger partial charge in [0, 0.05) is 18.2 Å². The maximum Gasteiger partial charge on any atom is 0.269 e. The summed E-state index contributed by atoms with van der Waals surface area (Å²) in [4.78, 5) is 10.4. The number of fused-ring (bicyclic) bond motifs is 1. The van der Waals surface area contributed by atoms with Crippen LogP contribution in [0.3, 0.4) is 0 Å². The Balaban J connectivity index is 2.23. The highest BCUT2D eigenvalue weighted by molar-refractivity contribution is 7.84. The van der Waals surface area contributed by atoms with Crippen LogP contribution in [0.1, 0.15) is 44.4 Å². The van der Waals surface area contributed by atoms with Crippen LogP contribution in [0, 0.1) is 10.1 Å². The molecular formula is C13H18N2O3S. The van der Waals surface area contributed by atoms with E-state index >= 15 is 0 Å². The molecule has 5 nitrogen and oxygen atoms in total. The number of benzene rings is 1. The van der Waals surface area contributed by atoms with Gasteiger partial charge in [0.25, 0.3) is 5.69 Å². The number of nitrogens with one attached hydrogen (secondary N) is 1. The number of rotatable bonds is 3. The molecule has 0 heterocycles. The highest BCUT2D eigenvalue weighted by atomic mass is 32.2. The molecule has 0 unspecified atom stereocenters. The van der Waals surface area contributed by atoms with E-state index in [1.807, 2.05) is 20.8 Å². The Morgan fingerprint density at radius 1 is 1.42 bits per heavy atom. The van der Waals surface area contributed by atoms with Crippen molar-refractivity contribution < 1.29 is 9.13 Å². The van der Waals surface area contributed by atoms with Crippen molar-refractivity contribution in [2.75, 3.05) is 0 Å². The highest BCUT2D eigenvalue weighted by Crippen LogP contribution is 2.34. The van der Waals surface area contributed by atoms with Crippen LogP contribution >= 0.6 is 0 Å². The second-order valence-electron chi connectivity index (χ2n) is 5.73. The molecule has 1 N–H and O–H groups in total. The SMILES string of the molecule is CC(C)(C)[S@@](=O)N[C@@H]1CCc2ccc([N+](=O)[O-])cc21. The normalized spacial score (nSPS) is 20.1. The second kappa shape index (κ2) is 5.02. The van der Waals surface area contributed by atoms with Gasteiger partial charge in [-0.25, -0.2) is 8.93 Å². The van der Waals surface area contributed by atoms with Crippen molar-refractivity contribution in [2.45, 2.75) is 44.4 Å². The molecular weight excluding hydrogens is 264 g/mol. The molecule has 0 spiro atoms. The zero-order chi connectivity index (χ0) is 14.2. The van der Waals surface area contributed by atoms with E-state index in [0.29, 0.717) is 0 Å². The first-order valence-corrected chi connectivity index (χ1v) is 7.39. The molecule has 0 aromatic heterocycles. The first-order valence-electron chi connectivity index (χ1n) is 6.24. The van der Waals surface area contributed by atoms with Gasteiger partial charge >= 0.3 is 0 Å². The monoisotopic (exact) mass is 282 g/mol. The summed E-state index contributed by atoms with van der Waals surface area (Å²) in [5, 5.41) is 10.8. The average molecular weight is 282 g/mol. The van der Waals surface area contributed by atoms with Crippen molar-refractivity contribution in [1.82, 2.24) is 4.72 Å². The molecule has 1 aromatic rings. The molecule has 0 saturated carbocycles. The average Bonchev–Trinajstić information content (AvgIpc) is 2.70. The van der Waals surface area contributed by atoms with Gasteiger partial charge in [-0.05, 0) is 44.7 Å². The maximum atomic E-state index is 12.1. The number of nitro benzene ring substituents is 1. The molecule has 0 saturated heterocycles. The van der Waals surface area contributed by atoms with Crippen LogP contribution in [0.15, 0.2) is 18.2 Å². The number of hydrogen-bond donors (Lipinski definition) is 1. The fraction of sp³-hybridized carbons (Fsp3) is 0.538. The molecule has 104 valence electrons. The Morgan fingerprint density at radius 2 is 2.11 bits per heavy atom. The van der Waals surface area contributed by atoms with Gasteiger partial charge in [0.2, 0.25) is 0 Å². The first-order chi connectivity index (χ1) is 8.79. The summed E-state index contributed by atoms with van der Waals surface area (Å²) >= 11 is 0. The molecule has 2 rings (SSSR count). The summed E-state index contributed by atoms with van der Waals surface area (Å²) < 4.78 is 14.9. The number of nitrogens with zero attached hydrogens (tertiary/aromatic N) is 1. The smallest absolute Gasteiger partial charge is 0.258 e. The fourth-order valence-electron chi connectivity index (χ4n) is 2.13. The lowest BCUT2D eigenvalue weighted by atomic mass is 10.1. The minimum atomic E-state index is -1.17. The van der Waals surface area contributed by atoms with Crippen LogP contribution < -0.4 is 4.72 Å². The molecule has 0 fully saturated rings. The van der Waals surface area contributed by atoms with Crippen LogP contribution in [0.5, 0.6) is 0 Å². The van der Waals surface area contributed by atoms with Crippen LogP contribution in [0.25, 0.3) is 0 Å². The molecule has 19 heavy (non-hydrogen) atoms. The van der Waals surface area contributed by atoms with E-state index in [-0.39, 0.29) is 16.5 Å².